The zero-order valence-electron chi connectivity index (χ0n) is 14.4. The summed E-state index contributed by atoms with van der Waals surface area (Å²) in [5.74, 6) is 0.450. The van der Waals surface area contributed by atoms with Gasteiger partial charge in [0.05, 0.1) is 24.2 Å². The van der Waals surface area contributed by atoms with E-state index < -0.39 is 0 Å². The Bertz CT molecular complexity index is 1020. The molecule has 3 heterocycles. The van der Waals surface area contributed by atoms with Crippen molar-refractivity contribution in [2.75, 3.05) is 0 Å². The summed E-state index contributed by atoms with van der Waals surface area (Å²) in [4.78, 5) is 41.6. The Kier molecular flexibility index (Phi) is 4.33. The maximum absolute atomic E-state index is 12.4. The van der Waals surface area contributed by atoms with E-state index in [0.29, 0.717) is 39.9 Å². The lowest BCUT2D eigenvalue weighted by Gasteiger charge is -2.11. The Morgan fingerprint density at radius 3 is 2.52 bits per heavy atom. The summed E-state index contributed by atoms with van der Waals surface area (Å²) in [5, 5.41) is 5.12. The van der Waals surface area contributed by atoms with Crippen LogP contribution in [-0.2, 0) is 17.9 Å². The fraction of sp³-hybridized carbons (Fsp3) is 0.158. The Morgan fingerprint density at radius 2 is 1.85 bits per heavy atom. The van der Waals surface area contributed by atoms with E-state index in [1.54, 1.807) is 36.4 Å². The van der Waals surface area contributed by atoms with Crippen molar-refractivity contribution >= 4 is 29.1 Å². The molecule has 1 aliphatic rings. The average molecular weight is 381 g/mol. The highest BCUT2D eigenvalue weighted by molar-refractivity contribution is 7.09. The summed E-state index contributed by atoms with van der Waals surface area (Å²) in [6.45, 7) is 1.87. The second kappa shape index (κ2) is 6.81. The number of hydrogen-bond donors (Lipinski definition) is 1. The van der Waals surface area contributed by atoms with Crippen LogP contribution in [0.15, 0.2) is 46.2 Å². The zero-order chi connectivity index (χ0) is 19.0. The molecule has 3 amide bonds. The van der Waals surface area contributed by atoms with Gasteiger partial charge in [0.1, 0.15) is 16.5 Å². The summed E-state index contributed by atoms with van der Waals surface area (Å²) < 4.78 is 5.68. The Labute approximate surface area is 158 Å². The minimum Gasteiger partial charge on any atom is -0.458 e. The number of fused-ring (bicyclic) bond motifs is 1. The number of carbonyl (C=O) groups excluding carboxylic acids is 3. The van der Waals surface area contributed by atoms with Gasteiger partial charge >= 0.3 is 0 Å². The van der Waals surface area contributed by atoms with Crippen molar-refractivity contribution in [3.05, 3.63) is 63.7 Å². The number of imide groups is 1. The van der Waals surface area contributed by atoms with Crippen molar-refractivity contribution in [3.8, 4) is 11.5 Å². The van der Waals surface area contributed by atoms with Gasteiger partial charge in [-0.05, 0) is 24.3 Å². The third kappa shape index (κ3) is 3.26. The number of aromatic nitrogens is 1. The zero-order valence-corrected chi connectivity index (χ0v) is 15.2. The van der Waals surface area contributed by atoms with Gasteiger partial charge in [0, 0.05) is 12.3 Å². The lowest BCUT2D eigenvalue weighted by molar-refractivity contribution is -0.119. The quantitative estimate of drug-likeness (QED) is 0.686. The molecule has 27 heavy (non-hydrogen) atoms. The van der Waals surface area contributed by atoms with E-state index in [4.69, 9.17) is 4.42 Å². The molecule has 3 aromatic rings. The van der Waals surface area contributed by atoms with Gasteiger partial charge < -0.3 is 9.73 Å². The van der Waals surface area contributed by atoms with Crippen molar-refractivity contribution in [3.63, 3.8) is 0 Å². The van der Waals surface area contributed by atoms with E-state index in [1.807, 2.05) is 5.38 Å². The number of hydrogen-bond acceptors (Lipinski definition) is 6. The SMILES string of the molecule is CC(=O)NCc1ccc(-c2csc(CN3C(=O)c4ccccc4C3=O)n2)o1. The van der Waals surface area contributed by atoms with Gasteiger partial charge in [0.25, 0.3) is 11.8 Å². The number of furan rings is 1. The number of rotatable bonds is 5. The predicted molar refractivity (Wildman–Crippen MR) is 98.0 cm³/mol. The molecule has 7 nitrogen and oxygen atoms in total. The highest BCUT2D eigenvalue weighted by Gasteiger charge is 2.35. The number of thiazole rings is 1. The Hall–Kier alpha value is -3.26. The first-order valence-corrected chi connectivity index (χ1v) is 9.14. The molecule has 0 unspecified atom stereocenters. The van der Waals surface area contributed by atoms with Gasteiger partial charge in [-0.3, -0.25) is 19.3 Å². The molecule has 0 aliphatic carbocycles. The maximum Gasteiger partial charge on any atom is 0.261 e. The van der Waals surface area contributed by atoms with Gasteiger partial charge in [0.2, 0.25) is 5.91 Å². The third-order valence-electron chi connectivity index (χ3n) is 4.15. The molecule has 136 valence electrons. The van der Waals surface area contributed by atoms with E-state index in [9.17, 15) is 14.4 Å². The monoisotopic (exact) mass is 381 g/mol. The van der Waals surface area contributed by atoms with Crippen LogP contribution in [0.5, 0.6) is 0 Å². The lowest BCUT2D eigenvalue weighted by atomic mass is 10.1. The molecule has 0 radical (unpaired) electrons. The lowest BCUT2D eigenvalue weighted by Crippen LogP contribution is -2.29. The summed E-state index contributed by atoms with van der Waals surface area (Å²) in [6.07, 6.45) is 0. The largest absolute Gasteiger partial charge is 0.458 e. The molecule has 1 aromatic carbocycles. The predicted octanol–water partition coefficient (Wildman–Crippen LogP) is 2.84. The van der Waals surface area contributed by atoms with Crippen LogP contribution in [0, 0.1) is 0 Å². The molecule has 0 atom stereocenters. The van der Waals surface area contributed by atoms with E-state index in [2.05, 4.69) is 10.3 Å². The maximum atomic E-state index is 12.4. The van der Waals surface area contributed by atoms with Crippen LogP contribution in [0.2, 0.25) is 0 Å². The first-order chi connectivity index (χ1) is 13.0. The Balaban J connectivity index is 1.49. The first kappa shape index (κ1) is 17.2. The van der Waals surface area contributed by atoms with Gasteiger partial charge in [-0.15, -0.1) is 11.3 Å². The van der Waals surface area contributed by atoms with Crippen LogP contribution in [0.4, 0.5) is 0 Å². The smallest absolute Gasteiger partial charge is 0.261 e. The fourth-order valence-corrected chi connectivity index (χ4v) is 3.61. The molecule has 1 N–H and O–H groups in total. The number of carbonyl (C=O) groups is 3. The number of nitrogens with zero attached hydrogens (tertiary/aromatic N) is 2. The molecule has 8 heteroatoms. The van der Waals surface area contributed by atoms with Crippen LogP contribution in [0.25, 0.3) is 11.5 Å². The molecule has 0 bridgehead atoms. The average Bonchev–Trinajstić information content (AvgIpc) is 3.36. The Morgan fingerprint density at radius 1 is 1.15 bits per heavy atom. The molecule has 1 aliphatic heterocycles. The fourth-order valence-electron chi connectivity index (χ4n) is 2.84. The van der Waals surface area contributed by atoms with Crippen molar-refractivity contribution in [1.82, 2.24) is 15.2 Å². The normalized spacial score (nSPS) is 13.1. The molecular weight excluding hydrogens is 366 g/mol. The third-order valence-corrected chi connectivity index (χ3v) is 4.98. The summed E-state index contributed by atoms with van der Waals surface area (Å²) in [7, 11) is 0. The number of benzene rings is 1. The summed E-state index contributed by atoms with van der Waals surface area (Å²) in [6, 6.07) is 10.3. The van der Waals surface area contributed by atoms with E-state index in [0.717, 1.165) is 0 Å². The molecule has 0 saturated carbocycles. The van der Waals surface area contributed by atoms with Crippen molar-refractivity contribution in [2.24, 2.45) is 0 Å². The molecule has 0 spiro atoms. The first-order valence-electron chi connectivity index (χ1n) is 8.26. The minimum atomic E-state index is -0.303. The molecule has 2 aromatic heterocycles. The standard InChI is InChI=1S/C19H15N3O4S/c1-11(23)20-8-12-6-7-16(26-12)15-10-27-17(21-15)9-22-18(24)13-4-2-3-5-14(13)19(22)25/h2-7,10H,8-9H2,1H3,(H,20,23). The second-order valence-corrected chi connectivity index (χ2v) is 6.99. The summed E-state index contributed by atoms with van der Waals surface area (Å²) >= 11 is 1.35. The van der Waals surface area contributed by atoms with Gasteiger partial charge in [-0.1, -0.05) is 12.1 Å². The second-order valence-electron chi connectivity index (χ2n) is 6.04. The van der Waals surface area contributed by atoms with Crippen LogP contribution < -0.4 is 5.32 Å². The minimum absolute atomic E-state index is 0.121. The topological polar surface area (TPSA) is 92.5 Å². The van der Waals surface area contributed by atoms with Gasteiger partial charge in [0.15, 0.2) is 5.76 Å². The van der Waals surface area contributed by atoms with Crippen molar-refractivity contribution < 1.29 is 18.8 Å². The van der Waals surface area contributed by atoms with Crippen LogP contribution in [0.1, 0.15) is 38.4 Å². The molecule has 4 rings (SSSR count). The van der Waals surface area contributed by atoms with Crippen LogP contribution in [-0.4, -0.2) is 27.6 Å². The number of amides is 3. The highest BCUT2D eigenvalue weighted by atomic mass is 32.1. The molecule has 0 fully saturated rings. The van der Waals surface area contributed by atoms with Gasteiger partial charge in [-0.25, -0.2) is 4.98 Å². The number of nitrogens with one attached hydrogen (secondary N) is 1. The van der Waals surface area contributed by atoms with Crippen molar-refractivity contribution in [1.29, 1.82) is 0 Å². The van der Waals surface area contributed by atoms with Gasteiger partial charge in [-0.2, -0.15) is 0 Å². The molecular formula is C19H15N3O4S. The highest BCUT2D eigenvalue weighted by Crippen LogP contribution is 2.28. The van der Waals surface area contributed by atoms with E-state index >= 15 is 0 Å². The van der Waals surface area contributed by atoms with Crippen molar-refractivity contribution in [2.45, 2.75) is 20.0 Å². The van der Waals surface area contributed by atoms with Crippen LogP contribution in [0.3, 0.4) is 0 Å². The van der Waals surface area contributed by atoms with E-state index in [-0.39, 0.29) is 24.3 Å². The summed E-state index contributed by atoms with van der Waals surface area (Å²) in [5.41, 5.74) is 1.47. The van der Waals surface area contributed by atoms with Crippen LogP contribution >= 0.6 is 11.3 Å². The molecule has 0 saturated heterocycles. The van der Waals surface area contributed by atoms with E-state index in [1.165, 1.54) is 23.2 Å².